The van der Waals surface area contributed by atoms with Gasteiger partial charge >= 0.3 is 11.9 Å². The molecule has 1 atom stereocenters. The predicted octanol–water partition coefficient (Wildman–Crippen LogP) is 3.32. The normalized spacial score (nSPS) is 15.3. The number of nitrogens with zero attached hydrogens (tertiary/aromatic N) is 3. The summed E-state index contributed by atoms with van der Waals surface area (Å²) >= 11 is 1.28. The van der Waals surface area contributed by atoms with Crippen molar-refractivity contribution in [2.24, 2.45) is 4.99 Å². The summed E-state index contributed by atoms with van der Waals surface area (Å²) in [7, 11) is 1.34. The van der Waals surface area contributed by atoms with E-state index >= 15 is 0 Å². The van der Waals surface area contributed by atoms with Crippen LogP contribution in [0.4, 0.5) is 0 Å². The van der Waals surface area contributed by atoms with Gasteiger partial charge in [0, 0.05) is 22.7 Å². The van der Waals surface area contributed by atoms with Crippen LogP contribution in [0.3, 0.4) is 0 Å². The molecule has 0 fully saturated rings. The molecule has 38 heavy (non-hydrogen) atoms. The Morgan fingerprint density at radius 1 is 1.08 bits per heavy atom. The second-order valence-corrected chi connectivity index (χ2v) is 9.74. The molecule has 2 aromatic carbocycles. The van der Waals surface area contributed by atoms with Gasteiger partial charge in [-0.1, -0.05) is 66.8 Å². The van der Waals surface area contributed by atoms with Gasteiger partial charge in [-0.3, -0.25) is 14.2 Å². The highest BCUT2D eigenvalue weighted by Gasteiger charge is 2.33. The second-order valence-electron chi connectivity index (χ2n) is 8.73. The van der Waals surface area contributed by atoms with E-state index < -0.39 is 12.0 Å². The molecule has 0 spiro atoms. The van der Waals surface area contributed by atoms with Crippen LogP contribution in [0.25, 0.3) is 17.0 Å². The van der Waals surface area contributed by atoms with E-state index in [1.807, 2.05) is 78.4 Å². The molecule has 4 aromatic rings. The van der Waals surface area contributed by atoms with Crippen molar-refractivity contribution in [1.82, 2.24) is 9.13 Å². The van der Waals surface area contributed by atoms with Crippen LogP contribution >= 0.6 is 11.3 Å². The highest BCUT2D eigenvalue weighted by Crippen LogP contribution is 2.31. The largest absolute Gasteiger partial charge is 0.466 e. The highest BCUT2D eigenvalue weighted by atomic mass is 32.1. The molecule has 0 bridgehead atoms. The predicted molar refractivity (Wildman–Crippen MR) is 145 cm³/mol. The number of thiazole rings is 1. The van der Waals surface area contributed by atoms with Gasteiger partial charge in [0.15, 0.2) is 4.80 Å². The molecule has 3 heterocycles. The van der Waals surface area contributed by atoms with Crippen molar-refractivity contribution in [2.75, 3.05) is 13.7 Å². The Morgan fingerprint density at radius 3 is 2.53 bits per heavy atom. The Bertz CT molecular complexity index is 1740. The Morgan fingerprint density at radius 2 is 1.82 bits per heavy atom. The first-order chi connectivity index (χ1) is 18.5. The van der Waals surface area contributed by atoms with Crippen LogP contribution in [-0.2, 0) is 25.6 Å². The molecular weight excluding hydrogens is 502 g/mol. The minimum absolute atomic E-state index is 0.0692. The smallest absolute Gasteiger partial charge is 0.338 e. The number of esters is 2. The number of carbonyl (C=O) groups excluding carboxylic acids is 2. The average Bonchev–Trinajstić information content (AvgIpc) is 3.44. The molecule has 5 rings (SSSR count). The van der Waals surface area contributed by atoms with Crippen LogP contribution in [0.2, 0.25) is 0 Å². The molecule has 0 unspecified atom stereocenters. The molecule has 194 valence electrons. The van der Waals surface area contributed by atoms with E-state index in [-0.39, 0.29) is 18.1 Å². The second kappa shape index (κ2) is 10.6. The molecule has 8 nitrogen and oxygen atoms in total. The number of hydrogen-bond acceptors (Lipinski definition) is 7. The summed E-state index contributed by atoms with van der Waals surface area (Å²) in [6.07, 6.45) is 4.19. The average molecular weight is 530 g/mol. The number of benzene rings is 2. The molecule has 1 aliphatic heterocycles. The lowest BCUT2D eigenvalue weighted by molar-refractivity contribution is -0.143. The van der Waals surface area contributed by atoms with Gasteiger partial charge in [-0.25, -0.2) is 9.79 Å². The fraction of sp³-hybridized carbons (Fsp3) is 0.241. The van der Waals surface area contributed by atoms with Gasteiger partial charge in [0.2, 0.25) is 0 Å². The number of para-hydroxylation sites is 1. The Hall–Kier alpha value is -4.24. The fourth-order valence-electron chi connectivity index (χ4n) is 4.82. The fourth-order valence-corrected chi connectivity index (χ4v) is 5.83. The van der Waals surface area contributed by atoms with Gasteiger partial charge in [0.05, 0.1) is 35.6 Å². The van der Waals surface area contributed by atoms with Gasteiger partial charge in [-0.2, -0.15) is 0 Å². The lowest BCUT2D eigenvalue weighted by atomic mass is 9.95. The first-order valence-corrected chi connectivity index (χ1v) is 13.2. The number of fused-ring (bicyclic) bond motifs is 2. The molecule has 9 heteroatoms. The molecule has 0 aliphatic carbocycles. The zero-order chi connectivity index (χ0) is 26.8. The minimum Gasteiger partial charge on any atom is -0.466 e. The lowest BCUT2D eigenvalue weighted by Crippen LogP contribution is -2.40. The minimum atomic E-state index is -0.651. The van der Waals surface area contributed by atoms with Crippen molar-refractivity contribution in [3.8, 4) is 0 Å². The van der Waals surface area contributed by atoms with Gasteiger partial charge in [0.25, 0.3) is 5.56 Å². The third kappa shape index (κ3) is 4.50. The quantitative estimate of drug-likeness (QED) is 0.343. The Labute approximate surface area is 222 Å². The number of carbonyl (C=O) groups is 2. The zero-order valence-electron chi connectivity index (χ0n) is 21.3. The summed E-state index contributed by atoms with van der Waals surface area (Å²) in [6.45, 7) is 4.08. The Kier molecular flexibility index (Phi) is 7.11. The van der Waals surface area contributed by atoms with Crippen molar-refractivity contribution in [3.05, 3.63) is 103 Å². The molecule has 1 aliphatic rings. The van der Waals surface area contributed by atoms with Gasteiger partial charge < -0.3 is 14.0 Å². The summed E-state index contributed by atoms with van der Waals surface area (Å²) in [4.78, 5) is 44.2. The SMILES string of the molecule is CCOC(=O)Cn1cc(/C=c2/sc3n(c2=O)[C@H](c2ccccc2)C(C(=O)OC)=C(CC)N=3)c2ccccc21. The van der Waals surface area contributed by atoms with Crippen LogP contribution in [0.15, 0.2) is 81.9 Å². The number of hydrogen-bond donors (Lipinski definition) is 0. The van der Waals surface area contributed by atoms with Crippen molar-refractivity contribution < 1.29 is 19.1 Å². The van der Waals surface area contributed by atoms with Gasteiger partial charge in [0.1, 0.15) is 6.54 Å². The third-order valence-electron chi connectivity index (χ3n) is 6.48. The van der Waals surface area contributed by atoms with E-state index in [1.54, 1.807) is 11.5 Å². The van der Waals surface area contributed by atoms with Gasteiger partial charge in [-0.05, 0) is 31.1 Å². The van der Waals surface area contributed by atoms with Gasteiger partial charge in [-0.15, -0.1) is 0 Å². The zero-order valence-corrected chi connectivity index (χ0v) is 22.2. The van der Waals surface area contributed by atoms with E-state index in [0.717, 1.165) is 22.0 Å². The number of allylic oxidation sites excluding steroid dienone is 1. The monoisotopic (exact) mass is 529 g/mol. The highest BCUT2D eigenvalue weighted by molar-refractivity contribution is 7.07. The van der Waals surface area contributed by atoms with E-state index in [2.05, 4.69) is 0 Å². The number of rotatable bonds is 7. The van der Waals surface area contributed by atoms with Crippen molar-refractivity contribution in [1.29, 1.82) is 0 Å². The van der Waals surface area contributed by atoms with Crippen molar-refractivity contribution in [2.45, 2.75) is 32.9 Å². The number of aromatic nitrogens is 2. The van der Waals surface area contributed by atoms with Crippen LogP contribution in [-0.4, -0.2) is 34.8 Å². The summed E-state index contributed by atoms with van der Waals surface area (Å²) in [5.41, 5.74) is 3.18. The van der Waals surface area contributed by atoms with Crippen molar-refractivity contribution in [3.63, 3.8) is 0 Å². The summed E-state index contributed by atoms with van der Waals surface area (Å²) in [6, 6.07) is 16.5. The van der Waals surface area contributed by atoms with Crippen LogP contribution in [0, 0.1) is 0 Å². The van der Waals surface area contributed by atoms with E-state index in [4.69, 9.17) is 14.5 Å². The van der Waals surface area contributed by atoms with Crippen LogP contribution in [0.1, 0.15) is 37.4 Å². The van der Waals surface area contributed by atoms with E-state index in [1.165, 1.54) is 18.4 Å². The summed E-state index contributed by atoms with van der Waals surface area (Å²) in [5.74, 6) is -0.833. The van der Waals surface area contributed by atoms with Crippen LogP contribution < -0.4 is 14.9 Å². The molecule has 0 N–H and O–H groups in total. The van der Waals surface area contributed by atoms with E-state index in [0.29, 0.717) is 33.6 Å². The topological polar surface area (TPSA) is 91.9 Å². The first-order valence-electron chi connectivity index (χ1n) is 12.4. The standard InChI is InChI=1S/C29H27N3O5S/c1-4-21-25(28(35)36-3)26(18-11-7-6-8-12-18)32-27(34)23(38-29(32)30-21)15-19-16-31(17-24(33)37-5-2)22-14-10-9-13-20(19)22/h6-16,26H,4-5,17H2,1-3H3/b23-15+/t26-/m1/s1. The van der Waals surface area contributed by atoms with Crippen molar-refractivity contribution >= 4 is 40.3 Å². The summed E-state index contributed by atoms with van der Waals surface area (Å²) in [5, 5.41) is 0.909. The van der Waals surface area contributed by atoms with E-state index in [9.17, 15) is 14.4 Å². The summed E-state index contributed by atoms with van der Waals surface area (Å²) < 4.78 is 14.1. The molecule has 0 amide bonds. The molecule has 0 saturated carbocycles. The maximum absolute atomic E-state index is 13.9. The third-order valence-corrected chi connectivity index (χ3v) is 7.46. The molecule has 0 radical (unpaired) electrons. The Balaban J connectivity index is 1.71. The van der Waals surface area contributed by atoms with Crippen LogP contribution in [0.5, 0.6) is 0 Å². The number of ether oxygens (including phenoxy) is 2. The maximum atomic E-state index is 13.9. The molecular formula is C29H27N3O5S. The molecule has 2 aromatic heterocycles. The lowest BCUT2D eigenvalue weighted by Gasteiger charge is -2.25. The maximum Gasteiger partial charge on any atom is 0.338 e. The molecule has 0 saturated heterocycles. The number of methoxy groups -OCH3 is 1. The first kappa shape index (κ1) is 25.4.